The summed E-state index contributed by atoms with van der Waals surface area (Å²) in [5.41, 5.74) is 1.60. The molecule has 0 radical (unpaired) electrons. The number of piperidine rings is 1. The van der Waals surface area contributed by atoms with Crippen LogP contribution in [0.3, 0.4) is 0 Å². The third-order valence-corrected chi connectivity index (χ3v) is 5.84. The van der Waals surface area contributed by atoms with Gasteiger partial charge in [0.05, 0.1) is 10.5 Å². The Hall–Kier alpha value is -2.01. The first-order valence-corrected chi connectivity index (χ1v) is 8.67. The summed E-state index contributed by atoms with van der Waals surface area (Å²) in [6.45, 7) is 2.14. The van der Waals surface area contributed by atoms with Crippen molar-refractivity contribution in [2.45, 2.75) is 19.3 Å². The molecule has 126 valence electrons. The highest BCUT2D eigenvalue weighted by molar-refractivity contribution is 6.35. The second-order valence-electron chi connectivity index (χ2n) is 7.01. The Morgan fingerprint density at radius 1 is 1.29 bits per heavy atom. The number of rotatable bonds is 1. The number of amides is 2. The molecule has 2 aliphatic rings. The molecule has 0 aliphatic carbocycles. The standard InChI is InChI=1S/C18H20ClN3O2/c1-21-14(9-12-3-2-4-13(19)16(12)21)17(24)22-7-5-18(6-8-22)10-15(23)20-11-18/h2-4,9H,5-8,10-11H2,1H3,(H,20,23). The zero-order valence-electron chi connectivity index (χ0n) is 13.6. The number of hydrogen-bond donors (Lipinski definition) is 1. The Kier molecular flexibility index (Phi) is 3.57. The van der Waals surface area contributed by atoms with Crippen LogP contribution in [0.4, 0.5) is 0 Å². The average molecular weight is 346 g/mol. The number of para-hydroxylation sites is 1. The predicted molar refractivity (Wildman–Crippen MR) is 93.1 cm³/mol. The second-order valence-corrected chi connectivity index (χ2v) is 7.42. The minimum Gasteiger partial charge on any atom is -0.356 e. The van der Waals surface area contributed by atoms with Gasteiger partial charge in [0.1, 0.15) is 5.69 Å². The molecule has 1 spiro atoms. The summed E-state index contributed by atoms with van der Waals surface area (Å²) in [6.07, 6.45) is 2.35. The van der Waals surface area contributed by atoms with Crippen LogP contribution < -0.4 is 5.32 Å². The molecule has 1 N–H and O–H groups in total. The van der Waals surface area contributed by atoms with E-state index in [0.717, 1.165) is 30.3 Å². The zero-order chi connectivity index (χ0) is 16.9. The van der Waals surface area contributed by atoms with Gasteiger partial charge in [0.25, 0.3) is 5.91 Å². The average Bonchev–Trinajstić information content (AvgIpc) is 3.09. The van der Waals surface area contributed by atoms with E-state index in [1.807, 2.05) is 40.8 Å². The van der Waals surface area contributed by atoms with E-state index in [-0.39, 0.29) is 17.2 Å². The largest absolute Gasteiger partial charge is 0.356 e. The normalized spacial score (nSPS) is 19.9. The number of fused-ring (bicyclic) bond motifs is 1. The molecule has 3 heterocycles. The molecule has 1 aromatic carbocycles. The molecule has 6 heteroatoms. The van der Waals surface area contributed by atoms with Crippen molar-refractivity contribution in [3.63, 3.8) is 0 Å². The number of hydrogen-bond acceptors (Lipinski definition) is 2. The lowest BCUT2D eigenvalue weighted by Gasteiger charge is -2.38. The van der Waals surface area contributed by atoms with Crippen LogP contribution in [0.1, 0.15) is 29.8 Å². The number of nitrogens with zero attached hydrogens (tertiary/aromatic N) is 2. The molecule has 2 saturated heterocycles. The molecule has 4 rings (SSSR count). The number of likely N-dealkylation sites (tertiary alicyclic amines) is 1. The minimum absolute atomic E-state index is 0.0388. The van der Waals surface area contributed by atoms with Gasteiger partial charge in [-0.05, 0) is 30.4 Å². The van der Waals surface area contributed by atoms with Crippen LogP contribution in [0.15, 0.2) is 24.3 Å². The van der Waals surface area contributed by atoms with Crippen molar-refractivity contribution in [2.24, 2.45) is 12.5 Å². The van der Waals surface area contributed by atoms with Gasteiger partial charge in [-0.1, -0.05) is 23.7 Å². The van der Waals surface area contributed by atoms with Gasteiger partial charge in [0.2, 0.25) is 5.91 Å². The number of benzene rings is 1. The first-order chi connectivity index (χ1) is 11.5. The quantitative estimate of drug-likeness (QED) is 0.863. The molecule has 0 bridgehead atoms. The maximum Gasteiger partial charge on any atom is 0.270 e. The Morgan fingerprint density at radius 2 is 2.04 bits per heavy atom. The van der Waals surface area contributed by atoms with Gasteiger partial charge in [0, 0.05) is 38.5 Å². The van der Waals surface area contributed by atoms with Gasteiger partial charge < -0.3 is 14.8 Å². The minimum atomic E-state index is 0.0388. The molecule has 0 saturated carbocycles. The number of carbonyl (C=O) groups excluding carboxylic acids is 2. The van der Waals surface area contributed by atoms with Crippen molar-refractivity contribution < 1.29 is 9.59 Å². The first kappa shape index (κ1) is 15.5. The number of aryl methyl sites for hydroxylation is 1. The van der Waals surface area contributed by atoms with Crippen LogP contribution in [0.5, 0.6) is 0 Å². The molecule has 5 nitrogen and oxygen atoms in total. The van der Waals surface area contributed by atoms with E-state index in [0.29, 0.717) is 30.2 Å². The second kappa shape index (κ2) is 5.52. The lowest BCUT2D eigenvalue weighted by atomic mass is 9.77. The van der Waals surface area contributed by atoms with Crippen molar-refractivity contribution in [1.82, 2.24) is 14.8 Å². The third-order valence-electron chi connectivity index (χ3n) is 5.53. The summed E-state index contributed by atoms with van der Waals surface area (Å²) in [6, 6.07) is 7.62. The Bertz CT molecular complexity index is 834. The van der Waals surface area contributed by atoms with Crippen molar-refractivity contribution in [1.29, 1.82) is 0 Å². The van der Waals surface area contributed by atoms with E-state index in [1.165, 1.54) is 0 Å². The summed E-state index contributed by atoms with van der Waals surface area (Å²) in [5.74, 6) is 0.176. The summed E-state index contributed by atoms with van der Waals surface area (Å²) in [7, 11) is 1.88. The number of aromatic nitrogens is 1. The van der Waals surface area contributed by atoms with Gasteiger partial charge >= 0.3 is 0 Å². The molecule has 2 amide bonds. The van der Waals surface area contributed by atoms with Crippen molar-refractivity contribution >= 4 is 34.3 Å². The lowest BCUT2D eigenvalue weighted by Crippen LogP contribution is -2.44. The molecule has 24 heavy (non-hydrogen) atoms. The lowest BCUT2D eigenvalue weighted by molar-refractivity contribution is -0.119. The van der Waals surface area contributed by atoms with Gasteiger partial charge in [0.15, 0.2) is 0 Å². The fourth-order valence-corrected chi connectivity index (χ4v) is 4.33. The van der Waals surface area contributed by atoms with Crippen molar-refractivity contribution in [3.8, 4) is 0 Å². The van der Waals surface area contributed by atoms with Crippen LogP contribution in [0, 0.1) is 5.41 Å². The molecule has 2 aliphatic heterocycles. The fraction of sp³-hybridized carbons (Fsp3) is 0.444. The topological polar surface area (TPSA) is 54.3 Å². The Labute approximate surface area is 145 Å². The van der Waals surface area contributed by atoms with E-state index in [9.17, 15) is 9.59 Å². The zero-order valence-corrected chi connectivity index (χ0v) is 14.4. The van der Waals surface area contributed by atoms with Gasteiger partial charge in [-0.2, -0.15) is 0 Å². The maximum atomic E-state index is 12.9. The smallest absolute Gasteiger partial charge is 0.270 e. The molecule has 0 unspecified atom stereocenters. The van der Waals surface area contributed by atoms with Crippen LogP contribution in [0.25, 0.3) is 10.9 Å². The van der Waals surface area contributed by atoms with Crippen LogP contribution in [-0.2, 0) is 11.8 Å². The molecular weight excluding hydrogens is 326 g/mol. The van der Waals surface area contributed by atoms with E-state index in [2.05, 4.69) is 5.32 Å². The molecule has 0 atom stereocenters. The number of halogens is 1. The van der Waals surface area contributed by atoms with Gasteiger partial charge in [-0.25, -0.2) is 0 Å². The van der Waals surface area contributed by atoms with E-state index < -0.39 is 0 Å². The maximum absolute atomic E-state index is 12.9. The highest BCUT2D eigenvalue weighted by atomic mass is 35.5. The fourth-order valence-electron chi connectivity index (χ4n) is 4.02. The summed E-state index contributed by atoms with van der Waals surface area (Å²) in [5, 5.41) is 4.56. The predicted octanol–water partition coefficient (Wildman–Crippen LogP) is 2.57. The summed E-state index contributed by atoms with van der Waals surface area (Å²) >= 11 is 6.28. The number of carbonyl (C=O) groups is 2. The molecule has 2 fully saturated rings. The monoisotopic (exact) mass is 345 g/mol. The molecule has 2 aromatic rings. The molecule has 1 aromatic heterocycles. The highest BCUT2D eigenvalue weighted by Crippen LogP contribution is 2.38. The van der Waals surface area contributed by atoms with Gasteiger partial charge in [-0.3, -0.25) is 9.59 Å². The third kappa shape index (κ3) is 2.38. The van der Waals surface area contributed by atoms with Crippen LogP contribution >= 0.6 is 11.6 Å². The van der Waals surface area contributed by atoms with E-state index in [4.69, 9.17) is 11.6 Å². The number of nitrogens with one attached hydrogen (secondary N) is 1. The van der Waals surface area contributed by atoms with Crippen LogP contribution in [-0.4, -0.2) is 40.9 Å². The highest BCUT2D eigenvalue weighted by Gasteiger charge is 2.41. The SMILES string of the molecule is Cn1c(C(=O)N2CCC3(CC2)CNC(=O)C3)cc2cccc(Cl)c21. The summed E-state index contributed by atoms with van der Waals surface area (Å²) in [4.78, 5) is 26.4. The van der Waals surface area contributed by atoms with Crippen molar-refractivity contribution in [3.05, 3.63) is 35.0 Å². The van der Waals surface area contributed by atoms with Crippen molar-refractivity contribution in [2.75, 3.05) is 19.6 Å². The summed E-state index contributed by atoms with van der Waals surface area (Å²) < 4.78 is 1.88. The van der Waals surface area contributed by atoms with E-state index >= 15 is 0 Å². The first-order valence-electron chi connectivity index (χ1n) is 8.29. The Morgan fingerprint density at radius 3 is 2.67 bits per heavy atom. The molecular formula is C18H20ClN3O2. The van der Waals surface area contributed by atoms with E-state index in [1.54, 1.807) is 0 Å². The van der Waals surface area contributed by atoms with Crippen LogP contribution in [0.2, 0.25) is 5.02 Å². The Balaban J connectivity index is 1.56. The van der Waals surface area contributed by atoms with Gasteiger partial charge in [-0.15, -0.1) is 0 Å².